The van der Waals surface area contributed by atoms with Crippen LogP contribution < -0.4 is 0 Å². The van der Waals surface area contributed by atoms with Crippen LogP contribution >= 0.6 is 0 Å². The number of pyridine rings is 1. The van der Waals surface area contributed by atoms with Crippen molar-refractivity contribution in [1.29, 1.82) is 0 Å². The summed E-state index contributed by atoms with van der Waals surface area (Å²) in [5.74, 6) is -0.518. The number of rotatable bonds is 2. The SMILES string of the molecule is CCOC(=O)c1ccc2c(n1)-c1ccccc1C2=O. The molecule has 0 atom stereocenters. The number of carbonyl (C=O) groups is 2. The third kappa shape index (κ3) is 1.73. The predicted molar refractivity (Wildman–Crippen MR) is 69.1 cm³/mol. The Morgan fingerprint density at radius 2 is 1.84 bits per heavy atom. The lowest BCUT2D eigenvalue weighted by atomic mass is 10.1. The van der Waals surface area contributed by atoms with Crippen molar-refractivity contribution in [3.8, 4) is 11.3 Å². The third-order valence-electron chi connectivity index (χ3n) is 3.05. The van der Waals surface area contributed by atoms with Crippen LogP contribution in [0.5, 0.6) is 0 Å². The van der Waals surface area contributed by atoms with Gasteiger partial charge in [-0.1, -0.05) is 24.3 Å². The maximum Gasteiger partial charge on any atom is 0.356 e. The molecule has 0 fully saturated rings. The molecular formula is C15H11NO3. The summed E-state index contributed by atoms with van der Waals surface area (Å²) in [5, 5.41) is 0. The Kier molecular flexibility index (Phi) is 2.63. The van der Waals surface area contributed by atoms with E-state index in [2.05, 4.69) is 4.98 Å². The summed E-state index contributed by atoms with van der Waals surface area (Å²) < 4.78 is 4.92. The molecule has 0 unspecified atom stereocenters. The number of benzene rings is 1. The zero-order chi connectivity index (χ0) is 13.4. The van der Waals surface area contributed by atoms with Crippen molar-refractivity contribution >= 4 is 11.8 Å². The number of aromatic nitrogens is 1. The highest BCUT2D eigenvalue weighted by atomic mass is 16.5. The molecule has 0 N–H and O–H groups in total. The fraction of sp³-hybridized carbons (Fsp3) is 0.133. The van der Waals surface area contributed by atoms with E-state index in [4.69, 9.17) is 4.74 Å². The van der Waals surface area contributed by atoms with Gasteiger partial charge in [-0.25, -0.2) is 9.78 Å². The molecule has 2 aromatic rings. The van der Waals surface area contributed by atoms with E-state index in [1.165, 1.54) is 6.07 Å². The lowest BCUT2D eigenvalue weighted by Crippen LogP contribution is -2.08. The van der Waals surface area contributed by atoms with E-state index in [-0.39, 0.29) is 11.5 Å². The van der Waals surface area contributed by atoms with Gasteiger partial charge in [-0.15, -0.1) is 0 Å². The number of ether oxygens (including phenoxy) is 1. The van der Waals surface area contributed by atoms with E-state index < -0.39 is 5.97 Å². The van der Waals surface area contributed by atoms with Gasteiger partial charge in [0.2, 0.25) is 0 Å². The minimum absolute atomic E-state index is 0.0477. The highest BCUT2D eigenvalue weighted by Gasteiger charge is 2.28. The molecule has 3 rings (SSSR count). The van der Waals surface area contributed by atoms with Crippen LogP contribution in [0.1, 0.15) is 33.3 Å². The number of carbonyl (C=O) groups excluding carboxylic acids is 2. The average molecular weight is 253 g/mol. The molecule has 0 radical (unpaired) electrons. The summed E-state index contributed by atoms with van der Waals surface area (Å²) in [6.07, 6.45) is 0. The van der Waals surface area contributed by atoms with Crippen molar-refractivity contribution in [1.82, 2.24) is 4.98 Å². The van der Waals surface area contributed by atoms with Crippen LogP contribution in [-0.4, -0.2) is 23.3 Å². The van der Waals surface area contributed by atoms with E-state index in [0.29, 0.717) is 23.4 Å². The number of fused-ring (bicyclic) bond motifs is 3. The molecule has 0 spiro atoms. The van der Waals surface area contributed by atoms with E-state index in [1.54, 1.807) is 19.1 Å². The highest BCUT2D eigenvalue weighted by Crippen LogP contribution is 2.34. The number of esters is 1. The molecule has 0 aliphatic heterocycles. The standard InChI is InChI=1S/C15H11NO3/c1-2-19-15(18)12-8-7-11-13(16-12)9-5-3-4-6-10(9)14(11)17/h3-8H,2H2,1H3. The number of ketones is 1. The molecule has 19 heavy (non-hydrogen) atoms. The molecule has 0 saturated carbocycles. The Hall–Kier alpha value is -2.49. The van der Waals surface area contributed by atoms with Crippen LogP contribution in [-0.2, 0) is 4.74 Å². The summed E-state index contributed by atoms with van der Waals surface area (Å²) in [5.41, 5.74) is 2.73. The Balaban J connectivity index is 2.13. The van der Waals surface area contributed by atoms with Crippen LogP contribution in [0.2, 0.25) is 0 Å². The van der Waals surface area contributed by atoms with Crippen LogP contribution in [0.15, 0.2) is 36.4 Å². The molecule has 4 nitrogen and oxygen atoms in total. The molecule has 94 valence electrons. The Morgan fingerprint density at radius 3 is 2.58 bits per heavy atom. The maximum atomic E-state index is 12.1. The minimum Gasteiger partial charge on any atom is -0.461 e. The maximum absolute atomic E-state index is 12.1. The fourth-order valence-corrected chi connectivity index (χ4v) is 2.20. The Labute approximate surface area is 110 Å². The van der Waals surface area contributed by atoms with Crippen LogP contribution in [0, 0.1) is 0 Å². The quantitative estimate of drug-likeness (QED) is 0.658. The van der Waals surface area contributed by atoms with Crippen molar-refractivity contribution < 1.29 is 14.3 Å². The van der Waals surface area contributed by atoms with E-state index in [0.717, 1.165) is 5.56 Å². The summed E-state index contributed by atoms with van der Waals surface area (Å²) in [6.45, 7) is 2.04. The molecule has 0 amide bonds. The second kappa shape index (κ2) is 4.31. The zero-order valence-corrected chi connectivity index (χ0v) is 10.3. The van der Waals surface area contributed by atoms with Gasteiger partial charge in [0.1, 0.15) is 5.69 Å². The summed E-state index contributed by atoms with van der Waals surface area (Å²) in [7, 11) is 0. The van der Waals surface area contributed by atoms with Gasteiger partial charge in [-0.3, -0.25) is 4.79 Å². The molecule has 1 heterocycles. The average Bonchev–Trinajstić information content (AvgIpc) is 2.73. The largest absolute Gasteiger partial charge is 0.461 e. The van der Waals surface area contributed by atoms with Gasteiger partial charge in [-0.2, -0.15) is 0 Å². The van der Waals surface area contributed by atoms with Gasteiger partial charge >= 0.3 is 5.97 Å². The van der Waals surface area contributed by atoms with E-state index >= 15 is 0 Å². The molecular weight excluding hydrogens is 242 g/mol. The lowest BCUT2D eigenvalue weighted by Gasteiger charge is -2.03. The van der Waals surface area contributed by atoms with Gasteiger partial charge < -0.3 is 4.74 Å². The van der Waals surface area contributed by atoms with Gasteiger partial charge in [0.15, 0.2) is 5.78 Å². The normalized spacial score (nSPS) is 11.9. The topological polar surface area (TPSA) is 56.3 Å². The first-order valence-electron chi connectivity index (χ1n) is 6.04. The monoisotopic (exact) mass is 253 g/mol. The van der Waals surface area contributed by atoms with Gasteiger partial charge in [-0.05, 0) is 19.1 Å². The Morgan fingerprint density at radius 1 is 1.11 bits per heavy atom. The molecule has 0 saturated heterocycles. The highest BCUT2D eigenvalue weighted by molar-refractivity contribution is 6.21. The van der Waals surface area contributed by atoms with Crippen molar-refractivity contribution in [3.05, 3.63) is 53.2 Å². The lowest BCUT2D eigenvalue weighted by molar-refractivity contribution is 0.0519. The van der Waals surface area contributed by atoms with Crippen molar-refractivity contribution in [2.75, 3.05) is 6.61 Å². The Bertz CT molecular complexity index is 692. The van der Waals surface area contributed by atoms with Gasteiger partial charge in [0.05, 0.1) is 12.3 Å². The second-order valence-electron chi connectivity index (χ2n) is 4.19. The first-order chi connectivity index (χ1) is 9.22. The van der Waals surface area contributed by atoms with E-state index in [1.807, 2.05) is 18.2 Å². The second-order valence-corrected chi connectivity index (χ2v) is 4.19. The molecule has 1 aliphatic carbocycles. The molecule has 0 bridgehead atoms. The van der Waals surface area contributed by atoms with Crippen LogP contribution in [0.25, 0.3) is 11.3 Å². The summed E-state index contributed by atoms with van der Waals surface area (Å²) in [6, 6.07) is 10.4. The molecule has 1 aromatic heterocycles. The van der Waals surface area contributed by atoms with Gasteiger partial charge in [0.25, 0.3) is 0 Å². The predicted octanol–water partition coefficient (Wildman–Crippen LogP) is 2.47. The minimum atomic E-state index is -0.470. The summed E-state index contributed by atoms with van der Waals surface area (Å²) >= 11 is 0. The molecule has 1 aromatic carbocycles. The number of hydrogen-bond donors (Lipinski definition) is 0. The number of nitrogens with zero attached hydrogens (tertiary/aromatic N) is 1. The van der Waals surface area contributed by atoms with Crippen molar-refractivity contribution in [3.63, 3.8) is 0 Å². The molecule has 4 heteroatoms. The van der Waals surface area contributed by atoms with Crippen molar-refractivity contribution in [2.45, 2.75) is 6.92 Å². The zero-order valence-electron chi connectivity index (χ0n) is 10.3. The number of hydrogen-bond acceptors (Lipinski definition) is 4. The first-order valence-corrected chi connectivity index (χ1v) is 6.04. The van der Waals surface area contributed by atoms with Crippen molar-refractivity contribution in [2.24, 2.45) is 0 Å². The van der Waals surface area contributed by atoms with E-state index in [9.17, 15) is 9.59 Å². The van der Waals surface area contributed by atoms with Crippen LogP contribution in [0.3, 0.4) is 0 Å². The fourth-order valence-electron chi connectivity index (χ4n) is 2.20. The first kappa shape index (κ1) is 11.6. The van der Waals surface area contributed by atoms with Crippen LogP contribution in [0.4, 0.5) is 0 Å². The molecule has 1 aliphatic rings. The van der Waals surface area contributed by atoms with Gasteiger partial charge in [0, 0.05) is 16.7 Å². The third-order valence-corrected chi connectivity index (χ3v) is 3.05. The smallest absolute Gasteiger partial charge is 0.356 e. The summed E-state index contributed by atoms with van der Waals surface area (Å²) in [4.78, 5) is 28.1.